The first-order valence-corrected chi connectivity index (χ1v) is 5.91. The van der Waals surface area contributed by atoms with Crippen LogP contribution in [0.1, 0.15) is 11.3 Å². The molecule has 0 amide bonds. The van der Waals surface area contributed by atoms with E-state index < -0.39 is 0 Å². The van der Waals surface area contributed by atoms with Crippen LogP contribution in [0.3, 0.4) is 0 Å². The standard InChI is InChI=1S/C15H11N3O/c1-10-7-14(19)18-9-13(11-5-3-2-4-6-11)12(8-16)15(18)17-10/h2-7,9,17H,1H3. The van der Waals surface area contributed by atoms with Gasteiger partial charge in [-0.15, -0.1) is 0 Å². The molecule has 0 bridgehead atoms. The molecule has 92 valence electrons. The summed E-state index contributed by atoms with van der Waals surface area (Å²) in [4.78, 5) is 15.0. The number of benzene rings is 1. The molecule has 4 nitrogen and oxygen atoms in total. The van der Waals surface area contributed by atoms with Gasteiger partial charge in [-0.05, 0) is 12.5 Å². The molecule has 0 fully saturated rings. The van der Waals surface area contributed by atoms with Crippen molar-refractivity contribution in [2.75, 3.05) is 0 Å². The van der Waals surface area contributed by atoms with E-state index in [1.165, 1.54) is 10.5 Å². The Labute approximate surface area is 109 Å². The Hall–Kier alpha value is -2.80. The van der Waals surface area contributed by atoms with Crippen molar-refractivity contribution in [2.24, 2.45) is 0 Å². The Morgan fingerprint density at radius 1 is 1.26 bits per heavy atom. The van der Waals surface area contributed by atoms with Crippen molar-refractivity contribution in [1.82, 2.24) is 9.38 Å². The van der Waals surface area contributed by atoms with Gasteiger partial charge in [-0.3, -0.25) is 9.20 Å². The third-order valence-electron chi connectivity index (χ3n) is 3.09. The lowest BCUT2D eigenvalue weighted by atomic mass is 10.1. The topological polar surface area (TPSA) is 61.1 Å². The van der Waals surface area contributed by atoms with Crippen LogP contribution in [-0.4, -0.2) is 9.38 Å². The summed E-state index contributed by atoms with van der Waals surface area (Å²) in [7, 11) is 0. The summed E-state index contributed by atoms with van der Waals surface area (Å²) in [6, 6.07) is 13.3. The molecule has 0 saturated heterocycles. The van der Waals surface area contributed by atoms with E-state index in [-0.39, 0.29) is 5.56 Å². The van der Waals surface area contributed by atoms with Crippen molar-refractivity contribution in [1.29, 1.82) is 5.26 Å². The number of nitriles is 1. The second kappa shape index (κ2) is 4.14. The molecular weight excluding hydrogens is 238 g/mol. The molecule has 0 aliphatic rings. The summed E-state index contributed by atoms with van der Waals surface area (Å²) in [5, 5.41) is 9.36. The molecule has 0 aliphatic carbocycles. The number of hydrogen-bond acceptors (Lipinski definition) is 2. The molecule has 0 saturated carbocycles. The SMILES string of the molecule is Cc1cc(=O)n2cc(-c3ccccc3)c(C#N)c2[nH]1. The van der Waals surface area contributed by atoms with E-state index in [0.29, 0.717) is 11.2 Å². The van der Waals surface area contributed by atoms with Crippen LogP contribution in [0.5, 0.6) is 0 Å². The van der Waals surface area contributed by atoms with Gasteiger partial charge in [-0.25, -0.2) is 0 Å². The minimum Gasteiger partial charge on any atom is -0.344 e. The Balaban J connectivity index is 2.43. The monoisotopic (exact) mass is 249 g/mol. The highest BCUT2D eigenvalue weighted by atomic mass is 16.1. The maximum Gasteiger partial charge on any atom is 0.257 e. The third kappa shape index (κ3) is 1.72. The van der Waals surface area contributed by atoms with Gasteiger partial charge in [0.25, 0.3) is 5.56 Å². The highest BCUT2D eigenvalue weighted by Gasteiger charge is 2.14. The first-order valence-electron chi connectivity index (χ1n) is 5.91. The van der Waals surface area contributed by atoms with E-state index in [0.717, 1.165) is 16.8 Å². The number of rotatable bonds is 1. The summed E-state index contributed by atoms with van der Waals surface area (Å²) in [5.41, 5.74) is 3.34. The van der Waals surface area contributed by atoms with Crippen LogP contribution in [0.2, 0.25) is 0 Å². The number of fused-ring (bicyclic) bond motifs is 1. The van der Waals surface area contributed by atoms with Crippen LogP contribution in [0, 0.1) is 18.3 Å². The lowest BCUT2D eigenvalue weighted by molar-refractivity contribution is 1.04. The van der Waals surface area contributed by atoms with Crippen LogP contribution in [0.4, 0.5) is 0 Å². The van der Waals surface area contributed by atoms with Gasteiger partial charge in [-0.1, -0.05) is 30.3 Å². The molecule has 1 aromatic carbocycles. The predicted octanol–water partition coefficient (Wildman–Crippen LogP) is 2.47. The number of aromatic nitrogens is 2. The van der Waals surface area contributed by atoms with Crippen molar-refractivity contribution in [2.45, 2.75) is 6.92 Å². The van der Waals surface area contributed by atoms with Gasteiger partial charge >= 0.3 is 0 Å². The van der Waals surface area contributed by atoms with E-state index in [1.807, 2.05) is 30.3 Å². The molecule has 3 aromatic rings. The first kappa shape index (κ1) is 11.3. The number of H-pyrrole nitrogens is 1. The fourth-order valence-electron chi connectivity index (χ4n) is 2.23. The van der Waals surface area contributed by atoms with Crippen LogP contribution >= 0.6 is 0 Å². The fraction of sp³-hybridized carbons (Fsp3) is 0.0667. The van der Waals surface area contributed by atoms with E-state index in [4.69, 9.17) is 0 Å². The van der Waals surface area contributed by atoms with Gasteiger partial charge < -0.3 is 4.98 Å². The number of aromatic amines is 1. The Morgan fingerprint density at radius 2 is 2.00 bits per heavy atom. The molecular formula is C15H11N3O. The second-order valence-electron chi connectivity index (χ2n) is 4.40. The van der Waals surface area contributed by atoms with Crippen LogP contribution in [0.25, 0.3) is 16.8 Å². The average molecular weight is 249 g/mol. The average Bonchev–Trinajstić information content (AvgIpc) is 2.78. The normalized spacial score (nSPS) is 10.5. The zero-order valence-electron chi connectivity index (χ0n) is 10.3. The quantitative estimate of drug-likeness (QED) is 0.720. The van der Waals surface area contributed by atoms with Crippen LogP contribution in [-0.2, 0) is 0 Å². The van der Waals surface area contributed by atoms with Gasteiger partial charge in [0.2, 0.25) is 0 Å². The summed E-state index contributed by atoms with van der Waals surface area (Å²) in [5.74, 6) is 0. The molecule has 0 spiro atoms. The molecule has 4 heteroatoms. The van der Waals surface area contributed by atoms with Crippen molar-refractivity contribution in [3.63, 3.8) is 0 Å². The van der Waals surface area contributed by atoms with Gasteiger partial charge in [0.15, 0.2) is 0 Å². The molecule has 0 aliphatic heterocycles. The summed E-state index contributed by atoms with van der Waals surface area (Å²) in [6.45, 7) is 1.80. The van der Waals surface area contributed by atoms with Gasteiger partial charge in [0.05, 0.1) is 0 Å². The number of aryl methyl sites for hydroxylation is 1. The molecule has 0 atom stereocenters. The third-order valence-corrected chi connectivity index (χ3v) is 3.09. The molecule has 0 radical (unpaired) electrons. The molecule has 3 rings (SSSR count). The molecule has 0 unspecified atom stereocenters. The number of nitrogens with zero attached hydrogens (tertiary/aromatic N) is 2. The number of nitrogens with one attached hydrogen (secondary N) is 1. The number of hydrogen-bond donors (Lipinski definition) is 1. The molecule has 2 aromatic heterocycles. The zero-order valence-corrected chi connectivity index (χ0v) is 10.3. The minimum atomic E-state index is -0.134. The second-order valence-corrected chi connectivity index (χ2v) is 4.40. The van der Waals surface area contributed by atoms with Crippen molar-refractivity contribution < 1.29 is 0 Å². The van der Waals surface area contributed by atoms with Crippen molar-refractivity contribution in [3.8, 4) is 17.2 Å². The maximum atomic E-state index is 11.9. The summed E-state index contributed by atoms with van der Waals surface area (Å²) < 4.78 is 1.48. The maximum absolute atomic E-state index is 11.9. The fourth-order valence-corrected chi connectivity index (χ4v) is 2.23. The highest BCUT2D eigenvalue weighted by Crippen LogP contribution is 2.26. The molecule has 19 heavy (non-hydrogen) atoms. The lowest BCUT2D eigenvalue weighted by Crippen LogP contribution is -2.12. The van der Waals surface area contributed by atoms with Gasteiger partial charge in [-0.2, -0.15) is 5.26 Å². The lowest BCUT2D eigenvalue weighted by Gasteiger charge is -1.97. The van der Waals surface area contributed by atoms with Gasteiger partial charge in [0, 0.05) is 23.5 Å². The van der Waals surface area contributed by atoms with Crippen molar-refractivity contribution >= 4 is 5.65 Å². The van der Waals surface area contributed by atoms with Crippen LogP contribution in [0.15, 0.2) is 47.4 Å². The van der Waals surface area contributed by atoms with Gasteiger partial charge in [0.1, 0.15) is 17.3 Å². The largest absolute Gasteiger partial charge is 0.344 e. The van der Waals surface area contributed by atoms with E-state index >= 15 is 0 Å². The first-order chi connectivity index (χ1) is 9.20. The summed E-state index contributed by atoms with van der Waals surface area (Å²) in [6.07, 6.45) is 1.71. The minimum absolute atomic E-state index is 0.134. The highest BCUT2D eigenvalue weighted by molar-refractivity contribution is 5.78. The zero-order chi connectivity index (χ0) is 13.4. The Kier molecular flexibility index (Phi) is 2.46. The Morgan fingerprint density at radius 3 is 2.68 bits per heavy atom. The smallest absolute Gasteiger partial charge is 0.257 e. The molecule has 2 heterocycles. The van der Waals surface area contributed by atoms with E-state index in [9.17, 15) is 10.1 Å². The van der Waals surface area contributed by atoms with Crippen molar-refractivity contribution in [3.05, 3.63) is 64.2 Å². The van der Waals surface area contributed by atoms with E-state index in [2.05, 4.69) is 11.1 Å². The molecule has 1 N–H and O–H groups in total. The Bertz CT molecular complexity index is 851. The van der Waals surface area contributed by atoms with E-state index in [1.54, 1.807) is 13.1 Å². The summed E-state index contributed by atoms with van der Waals surface area (Å²) >= 11 is 0. The predicted molar refractivity (Wildman–Crippen MR) is 72.9 cm³/mol. The van der Waals surface area contributed by atoms with Crippen LogP contribution < -0.4 is 5.56 Å².